The molecular formula is C72H130O6. The highest BCUT2D eigenvalue weighted by molar-refractivity contribution is 5.72. The Hall–Kier alpha value is -2.89. The minimum atomic E-state index is -0.825. The van der Waals surface area contributed by atoms with Gasteiger partial charge in [-0.25, -0.2) is 0 Å². The second-order valence-corrected chi connectivity index (χ2v) is 23.1. The maximum Gasteiger partial charge on any atom is 0.310 e. The van der Waals surface area contributed by atoms with Gasteiger partial charge >= 0.3 is 17.9 Å². The highest BCUT2D eigenvalue weighted by atomic mass is 16.6. The molecule has 0 aliphatic heterocycles. The molecule has 0 bridgehead atoms. The molecule has 0 aliphatic carbocycles. The summed E-state index contributed by atoms with van der Waals surface area (Å²) in [6, 6.07) is 0. The lowest BCUT2D eigenvalue weighted by Crippen LogP contribution is -2.30. The molecule has 0 N–H and O–H groups in total. The van der Waals surface area contributed by atoms with Crippen LogP contribution >= 0.6 is 0 Å². The number of carbonyl (C=O) groups excluding carboxylic acids is 3. The van der Waals surface area contributed by atoms with E-state index in [2.05, 4.69) is 69.4 Å². The third-order valence-corrected chi connectivity index (χ3v) is 15.3. The summed E-state index contributed by atoms with van der Waals surface area (Å²) in [4.78, 5) is 38.1. The Bertz CT molecular complexity index is 1390. The molecule has 0 saturated carbocycles. The summed E-state index contributed by atoms with van der Waals surface area (Å²) in [5.74, 6) is -1.02. The molecule has 0 amide bonds. The molecule has 0 saturated heterocycles. The molecule has 454 valence electrons. The molecule has 0 spiro atoms. The van der Waals surface area contributed by atoms with Crippen LogP contribution in [0.4, 0.5) is 0 Å². The molecule has 78 heavy (non-hydrogen) atoms. The van der Waals surface area contributed by atoms with E-state index >= 15 is 0 Å². The third kappa shape index (κ3) is 63.9. The smallest absolute Gasteiger partial charge is 0.310 e. The van der Waals surface area contributed by atoms with Crippen molar-refractivity contribution in [1.82, 2.24) is 0 Å². The monoisotopic (exact) mass is 1090 g/mol. The predicted octanol–water partition coefficient (Wildman–Crippen LogP) is 23.5. The summed E-state index contributed by atoms with van der Waals surface area (Å²) in [6.45, 7) is 6.48. The zero-order chi connectivity index (χ0) is 56.4. The van der Waals surface area contributed by atoms with Gasteiger partial charge in [-0.15, -0.1) is 0 Å². The second-order valence-electron chi connectivity index (χ2n) is 23.1. The minimum absolute atomic E-state index is 0.102. The first-order valence-electron chi connectivity index (χ1n) is 34.3. The van der Waals surface area contributed by atoms with Crippen LogP contribution in [0.3, 0.4) is 0 Å². The van der Waals surface area contributed by atoms with Gasteiger partial charge in [-0.3, -0.25) is 14.4 Å². The normalized spacial score (nSPS) is 12.4. The average molecular weight is 1090 g/mol. The molecule has 0 rings (SSSR count). The van der Waals surface area contributed by atoms with Crippen LogP contribution < -0.4 is 0 Å². The fourth-order valence-corrected chi connectivity index (χ4v) is 10.2. The Balaban J connectivity index is 4.07. The summed E-state index contributed by atoms with van der Waals surface area (Å²) in [7, 11) is 0. The average Bonchev–Trinajstić information content (AvgIpc) is 3.44. The fourth-order valence-electron chi connectivity index (χ4n) is 10.2. The maximum absolute atomic E-state index is 12.8. The van der Waals surface area contributed by atoms with Gasteiger partial charge in [0.05, 0.1) is 6.42 Å². The van der Waals surface area contributed by atoms with Crippen molar-refractivity contribution >= 4 is 17.9 Å². The van der Waals surface area contributed by atoms with Gasteiger partial charge in [-0.2, -0.15) is 0 Å². The van der Waals surface area contributed by atoms with Crippen molar-refractivity contribution < 1.29 is 28.6 Å². The summed E-state index contributed by atoms with van der Waals surface area (Å²) in [6.07, 6.45) is 86.0. The van der Waals surface area contributed by atoms with Gasteiger partial charge in [0.25, 0.3) is 0 Å². The van der Waals surface area contributed by atoms with Crippen molar-refractivity contribution in [2.24, 2.45) is 0 Å². The van der Waals surface area contributed by atoms with Gasteiger partial charge in [0.2, 0.25) is 0 Å². The van der Waals surface area contributed by atoms with Crippen molar-refractivity contribution in [3.8, 4) is 0 Å². The number of hydrogen-bond acceptors (Lipinski definition) is 6. The van der Waals surface area contributed by atoms with Crippen LogP contribution in [0.5, 0.6) is 0 Å². The lowest BCUT2D eigenvalue weighted by Gasteiger charge is -2.18. The van der Waals surface area contributed by atoms with Gasteiger partial charge in [-0.1, -0.05) is 358 Å². The minimum Gasteiger partial charge on any atom is -0.462 e. The highest BCUT2D eigenvalue weighted by Gasteiger charge is 2.19. The molecule has 0 heterocycles. The van der Waals surface area contributed by atoms with E-state index in [9.17, 15) is 14.4 Å². The largest absolute Gasteiger partial charge is 0.462 e. The molecule has 0 radical (unpaired) electrons. The Kier molecular flexibility index (Phi) is 64.2. The van der Waals surface area contributed by atoms with Crippen LogP contribution in [0.25, 0.3) is 0 Å². The number of carbonyl (C=O) groups is 3. The topological polar surface area (TPSA) is 78.9 Å². The Morgan fingerprint density at radius 3 is 0.731 bits per heavy atom. The molecule has 0 aliphatic rings. The number of esters is 3. The van der Waals surface area contributed by atoms with Crippen molar-refractivity contribution in [3.63, 3.8) is 0 Å². The zero-order valence-electron chi connectivity index (χ0n) is 52.2. The van der Waals surface area contributed by atoms with Crippen molar-refractivity contribution in [1.29, 1.82) is 0 Å². The van der Waals surface area contributed by atoms with E-state index in [1.165, 1.54) is 250 Å². The first kappa shape index (κ1) is 75.1. The summed E-state index contributed by atoms with van der Waals surface area (Å²) >= 11 is 0. The zero-order valence-corrected chi connectivity index (χ0v) is 52.2. The quantitative estimate of drug-likeness (QED) is 0.0261. The standard InChI is InChI=1S/C72H130O6/c1-4-7-10-13-16-19-22-24-26-27-28-29-30-31-32-33-34-35-36-37-38-39-40-41-42-43-44-46-47-50-53-56-59-62-65-71(74)77-68-69(67-76-70(73)64-61-58-55-52-49-21-18-15-12-9-6-3)78-72(75)66-63-60-57-54-51-48-45-25-23-20-17-14-11-8-5-2/h8,11,17,20,25,45,51,54,60,63,69H,4-7,9-10,12-16,18-19,21-24,26-44,46-50,52-53,55-59,61-62,64-68H2,1-3H3/b11-8-,20-17-,45-25-,54-51-,63-60-. The van der Waals surface area contributed by atoms with Crippen molar-refractivity contribution in [3.05, 3.63) is 60.8 Å². The van der Waals surface area contributed by atoms with Gasteiger partial charge in [-0.05, 0) is 44.9 Å². The summed E-state index contributed by atoms with van der Waals surface area (Å²) in [5.41, 5.74) is 0. The SMILES string of the molecule is CC/C=C\C/C=C\C/C=C\C/C=C\C/C=C\CC(=O)OC(COC(=O)CCCCCCCCCCCCC)COC(=O)CCCCCCCCCCCCCCCCCCCCCCCCCCCCCCCCCCCC. The Labute approximate surface area is 485 Å². The number of rotatable bonds is 63. The molecule has 0 fully saturated rings. The van der Waals surface area contributed by atoms with E-state index in [1.54, 1.807) is 6.08 Å². The molecule has 0 aromatic carbocycles. The third-order valence-electron chi connectivity index (χ3n) is 15.3. The van der Waals surface area contributed by atoms with Gasteiger partial charge < -0.3 is 14.2 Å². The fraction of sp³-hybridized carbons (Fsp3) is 0.819. The molecule has 0 aromatic heterocycles. The van der Waals surface area contributed by atoms with Gasteiger partial charge in [0.1, 0.15) is 13.2 Å². The highest BCUT2D eigenvalue weighted by Crippen LogP contribution is 2.18. The van der Waals surface area contributed by atoms with E-state index in [4.69, 9.17) is 14.2 Å². The molecule has 6 heteroatoms. The van der Waals surface area contributed by atoms with E-state index in [0.717, 1.165) is 70.6 Å². The van der Waals surface area contributed by atoms with Crippen LogP contribution in [0.1, 0.15) is 361 Å². The van der Waals surface area contributed by atoms with E-state index in [-0.39, 0.29) is 31.6 Å². The van der Waals surface area contributed by atoms with Crippen LogP contribution in [0, 0.1) is 0 Å². The Morgan fingerprint density at radius 1 is 0.269 bits per heavy atom. The lowest BCUT2D eigenvalue weighted by molar-refractivity contribution is -0.166. The molecule has 1 unspecified atom stereocenters. The number of allylic oxidation sites excluding steroid dienone is 9. The van der Waals surface area contributed by atoms with Crippen LogP contribution in [0.15, 0.2) is 60.8 Å². The first-order valence-corrected chi connectivity index (χ1v) is 34.3. The number of hydrogen-bond donors (Lipinski definition) is 0. The Morgan fingerprint density at radius 2 is 0.487 bits per heavy atom. The molecular weight excluding hydrogens is 961 g/mol. The summed E-state index contributed by atoms with van der Waals surface area (Å²) in [5, 5.41) is 0. The van der Waals surface area contributed by atoms with Crippen LogP contribution in [-0.2, 0) is 28.6 Å². The summed E-state index contributed by atoms with van der Waals surface area (Å²) < 4.78 is 16.8. The molecule has 0 aromatic rings. The predicted molar refractivity (Wildman–Crippen MR) is 339 cm³/mol. The van der Waals surface area contributed by atoms with Gasteiger partial charge in [0.15, 0.2) is 6.10 Å². The second kappa shape index (κ2) is 66.6. The van der Waals surface area contributed by atoms with E-state index in [0.29, 0.717) is 12.8 Å². The van der Waals surface area contributed by atoms with Crippen molar-refractivity contribution in [2.45, 2.75) is 367 Å². The molecule has 1 atom stereocenters. The number of ether oxygens (including phenoxy) is 3. The van der Waals surface area contributed by atoms with Crippen LogP contribution in [-0.4, -0.2) is 37.2 Å². The van der Waals surface area contributed by atoms with Gasteiger partial charge in [0, 0.05) is 12.8 Å². The molecule has 6 nitrogen and oxygen atoms in total. The first-order chi connectivity index (χ1) is 38.5. The van der Waals surface area contributed by atoms with E-state index < -0.39 is 12.1 Å². The van der Waals surface area contributed by atoms with Crippen LogP contribution in [0.2, 0.25) is 0 Å². The maximum atomic E-state index is 12.8. The van der Waals surface area contributed by atoms with E-state index in [1.807, 2.05) is 6.08 Å². The lowest BCUT2D eigenvalue weighted by atomic mass is 10.0. The van der Waals surface area contributed by atoms with Crippen molar-refractivity contribution in [2.75, 3.05) is 13.2 Å². The number of unbranched alkanes of at least 4 members (excludes halogenated alkanes) is 43.